The van der Waals surface area contributed by atoms with Crippen molar-refractivity contribution in [2.75, 3.05) is 20.2 Å². The van der Waals surface area contributed by atoms with Crippen molar-refractivity contribution in [1.29, 1.82) is 5.26 Å². The van der Waals surface area contributed by atoms with E-state index in [1.165, 1.54) is 0 Å². The molecule has 78 valence electrons. The zero-order valence-corrected chi connectivity index (χ0v) is 8.69. The third-order valence-electron chi connectivity index (χ3n) is 2.63. The Bertz CT molecular complexity index is 247. The van der Waals surface area contributed by atoms with Crippen LogP contribution < -0.4 is 0 Å². The number of hydrogen-bond acceptors (Lipinski definition) is 3. The molecule has 1 rings (SSSR count). The van der Waals surface area contributed by atoms with E-state index in [-0.39, 0.29) is 17.9 Å². The van der Waals surface area contributed by atoms with Crippen molar-refractivity contribution < 1.29 is 9.53 Å². The monoisotopic (exact) mass is 196 g/mol. The summed E-state index contributed by atoms with van der Waals surface area (Å²) < 4.78 is 5.33. The lowest BCUT2D eigenvalue weighted by Crippen LogP contribution is -2.36. The van der Waals surface area contributed by atoms with Gasteiger partial charge < -0.3 is 9.64 Å². The summed E-state index contributed by atoms with van der Waals surface area (Å²) in [6.45, 7) is 3.11. The van der Waals surface area contributed by atoms with E-state index >= 15 is 0 Å². The van der Waals surface area contributed by atoms with Crippen LogP contribution in [0.4, 0.5) is 0 Å². The molecule has 0 aromatic rings. The van der Waals surface area contributed by atoms with Gasteiger partial charge >= 0.3 is 0 Å². The maximum absolute atomic E-state index is 11.8. The van der Waals surface area contributed by atoms with Crippen LogP contribution in [0.1, 0.15) is 19.8 Å². The van der Waals surface area contributed by atoms with Crippen LogP contribution in [-0.4, -0.2) is 37.1 Å². The molecule has 0 aromatic carbocycles. The van der Waals surface area contributed by atoms with Gasteiger partial charge in [-0.3, -0.25) is 4.79 Å². The lowest BCUT2D eigenvalue weighted by atomic mass is 10.0. The van der Waals surface area contributed by atoms with Crippen LogP contribution in [0.25, 0.3) is 0 Å². The summed E-state index contributed by atoms with van der Waals surface area (Å²) in [6, 6.07) is 2.03. The Labute approximate surface area is 84.4 Å². The summed E-state index contributed by atoms with van der Waals surface area (Å²) in [5.74, 6) is 0.0870. The molecule has 0 spiro atoms. The second-order valence-electron chi connectivity index (χ2n) is 3.64. The molecule has 14 heavy (non-hydrogen) atoms. The normalized spacial score (nSPS) is 25.8. The van der Waals surface area contributed by atoms with Crippen LogP contribution in [-0.2, 0) is 9.53 Å². The van der Waals surface area contributed by atoms with Crippen molar-refractivity contribution in [3.63, 3.8) is 0 Å². The molecule has 0 aromatic heterocycles. The maximum atomic E-state index is 11.8. The van der Waals surface area contributed by atoms with E-state index in [0.717, 1.165) is 6.42 Å². The fourth-order valence-corrected chi connectivity index (χ4v) is 1.67. The summed E-state index contributed by atoms with van der Waals surface area (Å²) >= 11 is 0. The van der Waals surface area contributed by atoms with E-state index in [9.17, 15) is 4.79 Å². The molecule has 0 bridgehead atoms. The van der Waals surface area contributed by atoms with Crippen molar-refractivity contribution in [3.8, 4) is 6.07 Å². The standard InChI is InChI=1S/C10H16N2O2/c1-8-9(4-7-14-8)10(13)12(2)6-3-5-11/h8-9H,3-4,6-7H2,1-2H3. The van der Waals surface area contributed by atoms with E-state index in [2.05, 4.69) is 0 Å². The van der Waals surface area contributed by atoms with E-state index in [4.69, 9.17) is 10.00 Å². The average molecular weight is 196 g/mol. The molecule has 4 nitrogen and oxygen atoms in total. The topological polar surface area (TPSA) is 53.3 Å². The van der Waals surface area contributed by atoms with Gasteiger partial charge in [0.25, 0.3) is 0 Å². The SMILES string of the molecule is CC1OCCC1C(=O)N(C)CCC#N. The predicted octanol–water partition coefficient (Wildman–Crippen LogP) is 0.783. The number of carbonyl (C=O) groups excluding carboxylic acids is 1. The van der Waals surface area contributed by atoms with Gasteiger partial charge in [-0.25, -0.2) is 0 Å². The number of rotatable bonds is 3. The Hall–Kier alpha value is -1.08. The molecule has 2 unspecified atom stereocenters. The molecule has 1 saturated heterocycles. The second-order valence-corrected chi connectivity index (χ2v) is 3.64. The van der Waals surface area contributed by atoms with Crippen LogP contribution >= 0.6 is 0 Å². The summed E-state index contributed by atoms with van der Waals surface area (Å²) in [6.07, 6.45) is 1.22. The zero-order chi connectivity index (χ0) is 10.6. The van der Waals surface area contributed by atoms with Crippen LogP contribution in [0.5, 0.6) is 0 Å². The summed E-state index contributed by atoms with van der Waals surface area (Å²) in [5, 5.41) is 8.40. The Morgan fingerprint density at radius 3 is 2.93 bits per heavy atom. The van der Waals surface area contributed by atoms with Gasteiger partial charge in [0.2, 0.25) is 5.91 Å². The van der Waals surface area contributed by atoms with Crippen LogP contribution in [0.3, 0.4) is 0 Å². The number of hydrogen-bond donors (Lipinski definition) is 0. The third-order valence-corrected chi connectivity index (χ3v) is 2.63. The van der Waals surface area contributed by atoms with Gasteiger partial charge in [-0.05, 0) is 13.3 Å². The number of nitrogens with zero attached hydrogens (tertiary/aromatic N) is 2. The number of amides is 1. The minimum absolute atomic E-state index is 0.0151. The largest absolute Gasteiger partial charge is 0.378 e. The van der Waals surface area contributed by atoms with Crippen LogP contribution in [0, 0.1) is 17.2 Å². The van der Waals surface area contributed by atoms with Gasteiger partial charge in [-0.1, -0.05) is 0 Å². The fourth-order valence-electron chi connectivity index (χ4n) is 1.67. The van der Waals surface area contributed by atoms with E-state index in [1.54, 1.807) is 11.9 Å². The molecule has 1 fully saturated rings. The highest BCUT2D eigenvalue weighted by molar-refractivity contribution is 5.79. The first kappa shape index (κ1) is 11.0. The Balaban J connectivity index is 2.44. The quantitative estimate of drug-likeness (QED) is 0.670. The van der Waals surface area contributed by atoms with E-state index in [0.29, 0.717) is 19.6 Å². The molecule has 1 amide bonds. The van der Waals surface area contributed by atoms with E-state index < -0.39 is 0 Å². The number of nitriles is 1. The molecule has 1 aliphatic rings. The van der Waals surface area contributed by atoms with Gasteiger partial charge in [0.1, 0.15) is 0 Å². The zero-order valence-electron chi connectivity index (χ0n) is 8.69. The highest BCUT2D eigenvalue weighted by Gasteiger charge is 2.32. The van der Waals surface area contributed by atoms with Gasteiger partial charge in [0.15, 0.2) is 0 Å². The average Bonchev–Trinajstić information content (AvgIpc) is 2.59. The molecule has 1 heterocycles. The third kappa shape index (κ3) is 2.46. The first-order valence-corrected chi connectivity index (χ1v) is 4.90. The highest BCUT2D eigenvalue weighted by Crippen LogP contribution is 2.22. The molecular formula is C10H16N2O2. The second kappa shape index (κ2) is 4.97. The van der Waals surface area contributed by atoms with Gasteiger partial charge in [-0.15, -0.1) is 0 Å². The Kier molecular flexibility index (Phi) is 3.90. The first-order valence-electron chi connectivity index (χ1n) is 4.90. The van der Waals surface area contributed by atoms with Crippen LogP contribution in [0.15, 0.2) is 0 Å². The lowest BCUT2D eigenvalue weighted by molar-refractivity contribution is -0.135. The predicted molar refractivity (Wildman–Crippen MR) is 51.4 cm³/mol. The van der Waals surface area contributed by atoms with E-state index in [1.807, 2.05) is 13.0 Å². The molecule has 2 atom stereocenters. The molecule has 0 radical (unpaired) electrons. The molecule has 0 N–H and O–H groups in total. The Morgan fingerprint density at radius 1 is 1.71 bits per heavy atom. The summed E-state index contributed by atoms with van der Waals surface area (Å²) in [7, 11) is 1.74. The molecule has 4 heteroatoms. The molecule has 1 aliphatic heterocycles. The lowest BCUT2D eigenvalue weighted by Gasteiger charge is -2.21. The summed E-state index contributed by atoms with van der Waals surface area (Å²) in [5.41, 5.74) is 0. The van der Waals surface area contributed by atoms with Crippen LogP contribution in [0.2, 0.25) is 0 Å². The maximum Gasteiger partial charge on any atom is 0.228 e. The fraction of sp³-hybridized carbons (Fsp3) is 0.800. The molecule has 0 aliphatic carbocycles. The first-order chi connectivity index (χ1) is 6.66. The van der Waals surface area contributed by atoms with Crippen molar-refractivity contribution in [3.05, 3.63) is 0 Å². The molecular weight excluding hydrogens is 180 g/mol. The van der Waals surface area contributed by atoms with Gasteiger partial charge in [0.05, 0.1) is 24.5 Å². The molecule has 0 saturated carbocycles. The Morgan fingerprint density at radius 2 is 2.43 bits per heavy atom. The van der Waals surface area contributed by atoms with Gasteiger partial charge in [-0.2, -0.15) is 5.26 Å². The van der Waals surface area contributed by atoms with Gasteiger partial charge in [0, 0.05) is 20.2 Å². The smallest absolute Gasteiger partial charge is 0.228 e. The summed E-state index contributed by atoms with van der Waals surface area (Å²) in [4.78, 5) is 13.4. The number of ether oxygens (including phenoxy) is 1. The minimum atomic E-state index is -0.0151. The van der Waals surface area contributed by atoms with Crippen molar-refractivity contribution in [2.45, 2.75) is 25.9 Å². The number of carbonyl (C=O) groups is 1. The highest BCUT2D eigenvalue weighted by atomic mass is 16.5. The van der Waals surface area contributed by atoms with Crippen molar-refractivity contribution >= 4 is 5.91 Å². The van der Waals surface area contributed by atoms with Crippen molar-refractivity contribution in [1.82, 2.24) is 4.90 Å². The minimum Gasteiger partial charge on any atom is -0.378 e. The van der Waals surface area contributed by atoms with Crippen molar-refractivity contribution in [2.24, 2.45) is 5.92 Å².